The van der Waals surface area contributed by atoms with E-state index in [-0.39, 0.29) is 4.47 Å². The summed E-state index contributed by atoms with van der Waals surface area (Å²) >= 11 is 2.98. The summed E-state index contributed by atoms with van der Waals surface area (Å²) in [5.41, 5.74) is 1.48. The summed E-state index contributed by atoms with van der Waals surface area (Å²) in [6, 6.07) is 9.83. The summed E-state index contributed by atoms with van der Waals surface area (Å²) in [6.45, 7) is 0. The van der Waals surface area contributed by atoms with E-state index < -0.39 is 28.9 Å². The minimum Gasteiger partial charge on any atom is -0.293 e. The van der Waals surface area contributed by atoms with Crippen LogP contribution in [-0.2, 0) is 6.42 Å². The number of rotatable bonds is 2. The molecular weight excluding hydrogens is 314 g/mol. The SMILES string of the molecule is O=C(c1c(F)ccc(Br)c1F)C1Cc2ccccc21. The van der Waals surface area contributed by atoms with Gasteiger partial charge in [0.25, 0.3) is 0 Å². The summed E-state index contributed by atoms with van der Waals surface area (Å²) in [6.07, 6.45) is 0.542. The molecule has 19 heavy (non-hydrogen) atoms. The Labute approximate surface area is 117 Å². The zero-order valence-electron chi connectivity index (χ0n) is 9.79. The van der Waals surface area contributed by atoms with Crippen LogP contribution in [0.5, 0.6) is 0 Å². The van der Waals surface area contributed by atoms with Gasteiger partial charge >= 0.3 is 0 Å². The number of carbonyl (C=O) groups excluding carboxylic acids is 1. The average Bonchev–Trinajstić information content (AvgIpc) is 2.36. The van der Waals surface area contributed by atoms with Crippen LogP contribution in [0.2, 0.25) is 0 Å². The summed E-state index contributed by atoms with van der Waals surface area (Å²) in [5.74, 6) is -2.56. The molecule has 0 saturated heterocycles. The molecule has 0 N–H and O–H groups in total. The first-order valence-electron chi connectivity index (χ1n) is 5.85. The van der Waals surface area contributed by atoms with Gasteiger partial charge in [-0.1, -0.05) is 24.3 Å². The molecule has 0 bridgehead atoms. The lowest BCUT2D eigenvalue weighted by Crippen LogP contribution is -2.26. The molecule has 0 radical (unpaired) electrons. The van der Waals surface area contributed by atoms with Gasteiger partial charge in [0, 0.05) is 0 Å². The van der Waals surface area contributed by atoms with Gasteiger partial charge in [0.2, 0.25) is 0 Å². The molecule has 1 atom stereocenters. The van der Waals surface area contributed by atoms with Gasteiger partial charge in [-0.05, 0) is 45.6 Å². The number of hydrogen-bond donors (Lipinski definition) is 0. The monoisotopic (exact) mass is 322 g/mol. The minimum atomic E-state index is -0.825. The average molecular weight is 323 g/mol. The fourth-order valence-corrected chi connectivity index (χ4v) is 2.75. The summed E-state index contributed by atoms with van der Waals surface area (Å²) < 4.78 is 27.7. The van der Waals surface area contributed by atoms with Crippen LogP contribution in [0.15, 0.2) is 40.9 Å². The van der Waals surface area contributed by atoms with Crippen LogP contribution in [0.4, 0.5) is 8.78 Å². The first-order chi connectivity index (χ1) is 9.09. The molecule has 0 aliphatic heterocycles. The van der Waals surface area contributed by atoms with Crippen molar-refractivity contribution < 1.29 is 13.6 Å². The fourth-order valence-electron chi connectivity index (χ4n) is 2.42. The molecule has 1 aliphatic rings. The highest BCUT2D eigenvalue weighted by Gasteiger charge is 2.35. The Hall–Kier alpha value is -1.55. The number of halogens is 3. The van der Waals surface area contributed by atoms with E-state index in [1.165, 1.54) is 6.07 Å². The van der Waals surface area contributed by atoms with E-state index in [4.69, 9.17) is 0 Å². The van der Waals surface area contributed by atoms with E-state index in [9.17, 15) is 13.6 Å². The third kappa shape index (κ3) is 1.91. The summed E-state index contributed by atoms with van der Waals surface area (Å²) in [5, 5.41) is 0. The molecular formula is C15H9BrF2O. The van der Waals surface area contributed by atoms with Crippen molar-refractivity contribution in [3.05, 3.63) is 69.2 Å². The minimum absolute atomic E-state index is 0.102. The zero-order chi connectivity index (χ0) is 13.6. The largest absolute Gasteiger partial charge is 0.293 e. The van der Waals surface area contributed by atoms with Crippen molar-refractivity contribution in [1.82, 2.24) is 0 Å². The molecule has 1 aliphatic carbocycles. The normalized spacial score (nSPS) is 16.7. The standard InChI is InChI=1S/C15H9BrF2O/c16-11-5-6-12(17)13(14(11)18)15(19)10-7-8-3-1-2-4-9(8)10/h1-6,10H,7H2. The first kappa shape index (κ1) is 12.5. The molecule has 0 amide bonds. The van der Waals surface area contributed by atoms with E-state index in [1.54, 1.807) is 0 Å². The van der Waals surface area contributed by atoms with E-state index in [2.05, 4.69) is 15.9 Å². The maximum absolute atomic E-state index is 13.9. The zero-order valence-corrected chi connectivity index (χ0v) is 11.4. The van der Waals surface area contributed by atoms with Crippen molar-refractivity contribution in [1.29, 1.82) is 0 Å². The molecule has 2 aromatic rings. The highest BCUT2D eigenvalue weighted by Crippen LogP contribution is 2.38. The van der Waals surface area contributed by atoms with Crippen molar-refractivity contribution in [3.8, 4) is 0 Å². The molecule has 4 heteroatoms. The maximum atomic E-state index is 13.9. The lowest BCUT2D eigenvalue weighted by molar-refractivity contribution is 0.0940. The second-order valence-electron chi connectivity index (χ2n) is 4.54. The predicted molar refractivity (Wildman–Crippen MR) is 71.3 cm³/mol. The maximum Gasteiger partial charge on any atom is 0.176 e. The molecule has 0 aromatic heterocycles. The van der Waals surface area contributed by atoms with Gasteiger partial charge in [0.15, 0.2) is 11.6 Å². The lowest BCUT2D eigenvalue weighted by Gasteiger charge is -2.29. The van der Waals surface area contributed by atoms with Gasteiger partial charge in [0.1, 0.15) is 5.82 Å². The topological polar surface area (TPSA) is 17.1 Å². The number of Topliss-reactive ketones (excluding diaryl/α,β-unsaturated/α-hetero) is 1. The van der Waals surface area contributed by atoms with Gasteiger partial charge < -0.3 is 0 Å². The number of benzene rings is 2. The van der Waals surface area contributed by atoms with Crippen LogP contribution in [0, 0.1) is 11.6 Å². The van der Waals surface area contributed by atoms with E-state index in [0.29, 0.717) is 6.42 Å². The van der Waals surface area contributed by atoms with Crippen LogP contribution < -0.4 is 0 Å². The Morgan fingerprint density at radius 2 is 1.89 bits per heavy atom. The molecule has 1 nitrogen and oxygen atoms in total. The van der Waals surface area contributed by atoms with Crippen LogP contribution in [0.1, 0.15) is 27.4 Å². The predicted octanol–water partition coefficient (Wildman–Crippen LogP) is 4.25. The summed E-state index contributed by atoms with van der Waals surface area (Å²) in [7, 11) is 0. The number of hydrogen-bond acceptors (Lipinski definition) is 1. The summed E-state index contributed by atoms with van der Waals surface area (Å²) in [4.78, 5) is 12.3. The molecule has 0 saturated carbocycles. The van der Waals surface area contributed by atoms with E-state index in [1.807, 2.05) is 24.3 Å². The lowest BCUT2D eigenvalue weighted by atomic mass is 9.73. The Kier molecular flexibility index (Phi) is 2.97. The molecule has 2 aromatic carbocycles. The van der Waals surface area contributed by atoms with Crippen molar-refractivity contribution in [3.63, 3.8) is 0 Å². The van der Waals surface area contributed by atoms with Gasteiger partial charge in [0.05, 0.1) is 16.0 Å². The van der Waals surface area contributed by atoms with Crippen molar-refractivity contribution in [2.45, 2.75) is 12.3 Å². The molecule has 3 rings (SSSR count). The Morgan fingerprint density at radius 3 is 2.63 bits per heavy atom. The van der Waals surface area contributed by atoms with Crippen LogP contribution in [0.3, 0.4) is 0 Å². The quantitative estimate of drug-likeness (QED) is 0.596. The third-order valence-electron chi connectivity index (χ3n) is 3.46. The van der Waals surface area contributed by atoms with Crippen LogP contribution in [0.25, 0.3) is 0 Å². The van der Waals surface area contributed by atoms with Crippen molar-refractivity contribution in [2.75, 3.05) is 0 Å². The molecule has 96 valence electrons. The van der Waals surface area contributed by atoms with Gasteiger partial charge in [-0.15, -0.1) is 0 Å². The third-order valence-corrected chi connectivity index (χ3v) is 4.07. The van der Waals surface area contributed by atoms with Crippen molar-refractivity contribution in [2.24, 2.45) is 0 Å². The van der Waals surface area contributed by atoms with E-state index >= 15 is 0 Å². The second-order valence-corrected chi connectivity index (χ2v) is 5.39. The van der Waals surface area contributed by atoms with Gasteiger partial charge in [-0.3, -0.25) is 4.79 Å². The van der Waals surface area contributed by atoms with Crippen LogP contribution >= 0.6 is 15.9 Å². The molecule has 1 unspecified atom stereocenters. The smallest absolute Gasteiger partial charge is 0.176 e. The molecule has 0 spiro atoms. The van der Waals surface area contributed by atoms with E-state index in [0.717, 1.165) is 17.2 Å². The second kappa shape index (κ2) is 4.53. The molecule has 0 fully saturated rings. The fraction of sp³-hybridized carbons (Fsp3) is 0.133. The first-order valence-corrected chi connectivity index (χ1v) is 6.64. The number of fused-ring (bicyclic) bond motifs is 1. The Bertz CT molecular complexity index is 682. The Balaban J connectivity index is 2.02. The van der Waals surface area contributed by atoms with Gasteiger partial charge in [-0.2, -0.15) is 0 Å². The number of carbonyl (C=O) groups is 1. The highest BCUT2D eigenvalue weighted by molar-refractivity contribution is 9.10. The van der Waals surface area contributed by atoms with Gasteiger partial charge in [-0.25, -0.2) is 8.78 Å². The van der Waals surface area contributed by atoms with Crippen LogP contribution in [-0.4, -0.2) is 5.78 Å². The number of ketones is 1. The Morgan fingerprint density at radius 1 is 1.16 bits per heavy atom. The molecule has 0 heterocycles. The van der Waals surface area contributed by atoms with Crippen molar-refractivity contribution >= 4 is 21.7 Å². The highest BCUT2D eigenvalue weighted by atomic mass is 79.9.